The molecule has 0 unspecified atom stereocenters. The average Bonchev–Trinajstić information content (AvgIpc) is 3.80. The Labute approximate surface area is 391 Å². The van der Waals surface area contributed by atoms with Gasteiger partial charge >= 0.3 is 18.3 Å². The summed E-state index contributed by atoms with van der Waals surface area (Å²) in [4.78, 5) is 33.4. The zero-order valence-electron chi connectivity index (χ0n) is 37.2. The third-order valence-corrected chi connectivity index (χ3v) is 13.1. The molecule has 3 aromatic carbocycles. The van der Waals surface area contributed by atoms with Crippen molar-refractivity contribution in [3.63, 3.8) is 0 Å². The van der Waals surface area contributed by atoms with E-state index < -0.39 is 69.2 Å². The Bertz CT molecular complexity index is 2840. The molecule has 2 bridgehead atoms. The van der Waals surface area contributed by atoms with Gasteiger partial charge in [-0.1, -0.05) is 41.9 Å². The number of carboxylic acid groups (broad SMARTS) is 1. The van der Waals surface area contributed by atoms with Crippen LogP contribution in [0.4, 0.5) is 44.2 Å². The van der Waals surface area contributed by atoms with E-state index in [4.69, 9.17) is 40.3 Å². The Morgan fingerprint density at radius 3 is 2.26 bits per heavy atom. The molecule has 1 aliphatic carbocycles. The number of fused-ring (bicyclic) bond motifs is 1. The maximum absolute atomic E-state index is 18.0. The van der Waals surface area contributed by atoms with E-state index in [-0.39, 0.29) is 79.6 Å². The number of halogens is 6. The number of aromatic nitrogens is 4. The molecule has 6 heterocycles. The van der Waals surface area contributed by atoms with Gasteiger partial charge in [0, 0.05) is 30.3 Å². The van der Waals surface area contributed by atoms with Crippen LogP contribution in [0.2, 0.25) is 5.02 Å². The van der Waals surface area contributed by atoms with E-state index in [1.54, 1.807) is 53.1 Å². The normalized spacial score (nSPS) is 18.9. The van der Waals surface area contributed by atoms with Crippen LogP contribution in [0.1, 0.15) is 53.6 Å². The van der Waals surface area contributed by atoms with Crippen molar-refractivity contribution in [1.29, 1.82) is 0 Å². The number of benzene rings is 3. The number of anilines is 3. The van der Waals surface area contributed by atoms with Crippen molar-refractivity contribution in [3.05, 3.63) is 112 Å². The Hall–Kier alpha value is -6.73. The fourth-order valence-corrected chi connectivity index (χ4v) is 9.83. The molecule has 68 heavy (non-hydrogen) atoms. The number of rotatable bonds is 15. The minimum atomic E-state index is -5.05. The monoisotopic (exact) mass is 961 g/mol. The van der Waals surface area contributed by atoms with Crippen LogP contribution in [0.3, 0.4) is 0 Å². The van der Waals surface area contributed by atoms with Gasteiger partial charge in [0.25, 0.3) is 0 Å². The molecule has 1 saturated carbocycles. The van der Waals surface area contributed by atoms with Crippen LogP contribution in [0.5, 0.6) is 23.3 Å². The first-order valence-corrected chi connectivity index (χ1v) is 21.9. The first-order chi connectivity index (χ1) is 32.5. The van der Waals surface area contributed by atoms with E-state index in [0.717, 1.165) is 11.1 Å². The molecule has 0 radical (unpaired) electrons. The van der Waals surface area contributed by atoms with Crippen molar-refractivity contribution in [2.45, 2.75) is 57.6 Å². The largest absolute Gasteiger partial charge is 0.497 e. The molecule has 2 saturated heterocycles. The fourth-order valence-electron chi connectivity index (χ4n) is 9.50. The van der Waals surface area contributed by atoms with Crippen LogP contribution in [0.25, 0.3) is 22.2 Å². The number of alkyl halides is 4. The second-order valence-corrected chi connectivity index (χ2v) is 17.7. The van der Waals surface area contributed by atoms with E-state index >= 15 is 17.6 Å². The van der Waals surface area contributed by atoms with Gasteiger partial charge in [-0.05, 0) is 79.8 Å². The number of hydrogen-bond donors (Lipinski definition) is 2. The molecule has 2 N–H and O–H groups in total. The highest BCUT2D eigenvalue weighted by molar-refractivity contribution is 6.36. The number of ether oxygens (including phenoxy) is 5. The van der Waals surface area contributed by atoms with Gasteiger partial charge in [-0.15, -0.1) is 0 Å². The Morgan fingerprint density at radius 1 is 1.01 bits per heavy atom. The molecule has 4 aliphatic rings. The lowest BCUT2D eigenvalue weighted by Crippen LogP contribution is -2.48. The topological polar surface area (TPSA) is 154 Å². The van der Waals surface area contributed by atoms with Crippen molar-refractivity contribution < 1.29 is 55.5 Å². The number of pyridine rings is 2. The fraction of sp³-hybridized carbons (Fsp3) is 0.354. The summed E-state index contributed by atoms with van der Waals surface area (Å²) in [5.41, 5.74) is -2.98. The van der Waals surface area contributed by atoms with Crippen molar-refractivity contribution in [2.24, 2.45) is 5.41 Å². The standard InChI is InChI=1S/C48H45ClF5N7O7/c1-26-18-33(60(19-28-7-11-30(64-3)12-8-28)20-29-9-13-31(65-4)14-10-29)56-39(36(26)48(52,53)54)34-37(49)41-35-40(38(34)51)57-44(67-24-46-21-47(22-46,23-50)68-25-46)59-43(35)61(16-17-66-41)27(2)32-6-5-15-55-42(32)58-45(62)63/h5-15,18,27H,16-17,19-25H2,1-4H3,(H,55,58)(H,62,63)/t27-,46?,47?/m1/s1. The molecule has 6 aromatic rings. The first kappa shape index (κ1) is 46.4. The summed E-state index contributed by atoms with van der Waals surface area (Å²) < 4.78 is 107. The van der Waals surface area contributed by atoms with Gasteiger partial charge in [-0.3, -0.25) is 5.32 Å². The van der Waals surface area contributed by atoms with Gasteiger partial charge in [0.05, 0.1) is 72.9 Å². The zero-order chi connectivity index (χ0) is 48.1. The molecule has 356 valence electrons. The number of nitrogens with one attached hydrogen (secondary N) is 1. The molecule has 3 fully saturated rings. The van der Waals surface area contributed by atoms with E-state index in [2.05, 4.69) is 20.3 Å². The van der Waals surface area contributed by atoms with Gasteiger partial charge in [-0.25, -0.2) is 23.5 Å². The predicted molar refractivity (Wildman–Crippen MR) is 242 cm³/mol. The molecule has 1 amide bonds. The van der Waals surface area contributed by atoms with Crippen molar-refractivity contribution in [3.8, 4) is 34.5 Å². The molecular weight excluding hydrogens is 917 g/mol. The summed E-state index contributed by atoms with van der Waals surface area (Å²) >= 11 is 7.15. The van der Waals surface area contributed by atoms with Crippen molar-refractivity contribution >= 4 is 46.1 Å². The number of hydrogen-bond acceptors (Lipinski definition) is 12. The zero-order valence-corrected chi connectivity index (χ0v) is 38.0. The maximum Gasteiger partial charge on any atom is 0.418 e. The van der Waals surface area contributed by atoms with Crippen molar-refractivity contribution in [1.82, 2.24) is 19.9 Å². The number of aryl methyl sites for hydroxylation is 1. The van der Waals surface area contributed by atoms with Crippen LogP contribution in [-0.4, -0.2) is 84.0 Å². The third-order valence-electron chi connectivity index (χ3n) is 12.7. The minimum absolute atomic E-state index is 0.0231. The van der Waals surface area contributed by atoms with Gasteiger partial charge in [-0.2, -0.15) is 23.1 Å². The Balaban J connectivity index is 1.23. The molecule has 3 aliphatic heterocycles. The summed E-state index contributed by atoms with van der Waals surface area (Å²) in [5.74, 6) is -0.114. The van der Waals surface area contributed by atoms with Gasteiger partial charge < -0.3 is 38.6 Å². The summed E-state index contributed by atoms with van der Waals surface area (Å²) in [6.07, 6.45) is -4.24. The maximum atomic E-state index is 18.0. The summed E-state index contributed by atoms with van der Waals surface area (Å²) in [7, 11) is 3.07. The number of carbonyl (C=O) groups is 1. The van der Waals surface area contributed by atoms with Crippen LogP contribution < -0.4 is 34.1 Å². The van der Waals surface area contributed by atoms with Crippen LogP contribution >= 0.6 is 11.6 Å². The Kier molecular flexibility index (Phi) is 12.3. The highest BCUT2D eigenvalue weighted by atomic mass is 35.5. The second kappa shape index (κ2) is 18.1. The van der Waals surface area contributed by atoms with Gasteiger partial charge in [0.1, 0.15) is 47.8 Å². The number of amides is 1. The predicted octanol–water partition coefficient (Wildman–Crippen LogP) is 10.4. The van der Waals surface area contributed by atoms with Crippen LogP contribution in [0, 0.1) is 18.2 Å². The summed E-state index contributed by atoms with van der Waals surface area (Å²) in [6, 6.07) is 17.9. The molecule has 3 aromatic heterocycles. The molecular formula is C48H45ClF5N7O7. The smallest absolute Gasteiger partial charge is 0.418 e. The highest BCUT2D eigenvalue weighted by Crippen LogP contribution is 2.58. The van der Waals surface area contributed by atoms with Crippen molar-refractivity contribution in [2.75, 3.05) is 62.4 Å². The lowest BCUT2D eigenvalue weighted by atomic mass is 9.63. The summed E-state index contributed by atoms with van der Waals surface area (Å²) in [6.45, 7) is 2.76. The van der Waals surface area contributed by atoms with Gasteiger partial charge in [0.15, 0.2) is 11.6 Å². The Morgan fingerprint density at radius 2 is 1.68 bits per heavy atom. The van der Waals surface area contributed by atoms with E-state index in [9.17, 15) is 14.3 Å². The average molecular weight is 962 g/mol. The van der Waals surface area contributed by atoms with Crippen LogP contribution in [0.15, 0.2) is 72.9 Å². The lowest BCUT2D eigenvalue weighted by molar-refractivity contribution is -0.137. The molecule has 20 heteroatoms. The van der Waals surface area contributed by atoms with Gasteiger partial charge in [0.2, 0.25) is 0 Å². The molecule has 1 atom stereocenters. The molecule has 10 rings (SSSR count). The van der Waals surface area contributed by atoms with E-state index in [1.807, 2.05) is 24.3 Å². The minimum Gasteiger partial charge on any atom is -0.497 e. The molecule has 14 nitrogen and oxygen atoms in total. The van der Waals surface area contributed by atoms with Crippen LogP contribution in [-0.2, 0) is 24.0 Å². The number of methoxy groups -OCH3 is 2. The van der Waals surface area contributed by atoms with E-state index in [1.165, 1.54) is 33.4 Å². The quantitative estimate of drug-likeness (QED) is 0.0940. The van der Waals surface area contributed by atoms with E-state index in [0.29, 0.717) is 29.9 Å². The highest BCUT2D eigenvalue weighted by Gasteiger charge is 2.63. The molecule has 0 spiro atoms. The first-order valence-electron chi connectivity index (χ1n) is 21.5. The third kappa shape index (κ3) is 8.68. The summed E-state index contributed by atoms with van der Waals surface area (Å²) in [5, 5.41) is 11.3. The second-order valence-electron chi connectivity index (χ2n) is 17.3. The number of nitrogens with zero attached hydrogens (tertiary/aromatic N) is 6. The SMILES string of the molecule is COc1ccc(CN(Cc2ccc(OC)cc2)c2cc(C)c(C(F)(F)F)c(-c3c(Cl)c4c5c(nc(OCC67COC(CF)(C6)C7)nc5c3F)N([C@H](C)c3cccnc3NC(=O)O)CCO4)n2)cc1. The lowest BCUT2D eigenvalue weighted by Gasteiger charge is -2.42.